The van der Waals surface area contributed by atoms with Gasteiger partial charge in [0.15, 0.2) is 5.16 Å². The molecule has 2 rings (SSSR count). The van der Waals surface area contributed by atoms with Crippen molar-refractivity contribution in [3.8, 4) is 0 Å². The smallest absolute Gasteiger partial charge is 0.313 e. The van der Waals surface area contributed by atoms with Gasteiger partial charge in [-0.1, -0.05) is 32.0 Å². The summed E-state index contributed by atoms with van der Waals surface area (Å²) in [5.74, 6) is 0.219. The number of carboxylic acid groups (broad SMARTS) is 1. The highest BCUT2D eigenvalue weighted by atomic mass is 32.2. The van der Waals surface area contributed by atoms with Crippen LogP contribution in [0.5, 0.6) is 0 Å². The lowest BCUT2D eigenvalue weighted by atomic mass is 9.70. The Balaban J connectivity index is 2.14. The third kappa shape index (κ3) is 3.49. The summed E-state index contributed by atoms with van der Waals surface area (Å²) in [6.45, 7) is 5.32. The molecule has 6 heteroatoms. The highest BCUT2D eigenvalue weighted by Gasteiger charge is 2.33. The van der Waals surface area contributed by atoms with Gasteiger partial charge in [-0.05, 0) is 24.7 Å². The molecular formula is C13H21N3O2S. The van der Waals surface area contributed by atoms with Crippen molar-refractivity contribution >= 4 is 17.7 Å². The van der Waals surface area contributed by atoms with Crippen LogP contribution in [0, 0.1) is 5.41 Å². The summed E-state index contributed by atoms with van der Waals surface area (Å²) in [7, 11) is 0. The van der Waals surface area contributed by atoms with Gasteiger partial charge in [0, 0.05) is 13.0 Å². The van der Waals surface area contributed by atoms with Gasteiger partial charge in [0.25, 0.3) is 0 Å². The van der Waals surface area contributed by atoms with Crippen molar-refractivity contribution in [3.05, 3.63) is 5.82 Å². The number of aryl methyl sites for hydroxylation is 1. The van der Waals surface area contributed by atoms with Crippen molar-refractivity contribution in [1.82, 2.24) is 14.8 Å². The normalized spacial score (nSPS) is 17.2. The Bertz CT molecular complexity index is 455. The lowest BCUT2D eigenvalue weighted by Gasteiger charge is -2.39. The zero-order valence-corrected chi connectivity index (χ0v) is 12.4. The maximum atomic E-state index is 10.7. The summed E-state index contributed by atoms with van der Waals surface area (Å²) < 4.78 is 2.14. The van der Waals surface area contributed by atoms with Gasteiger partial charge in [0.2, 0.25) is 0 Å². The molecule has 0 aliphatic heterocycles. The predicted octanol–water partition coefficient (Wildman–Crippen LogP) is 2.60. The summed E-state index contributed by atoms with van der Waals surface area (Å²) in [6, 6.07) is 0. The molecule has 0 unspecified atom stereocenters. The maximum absolute atomic E-state index is 10.7. The van der Waals surface area contributed by atoms with Crippen LogP contribution in [-0.2, 0) is 17.8 Å². The van der Waals surface area contributed by atoms with E-state index in [1.54, 1.807) is 0 Å². The molecule has 0 bridgehead atoms. The van der Waals surface area contributed by atoms with Crippen LogP contribution in [0.25, 0.3) is 0 Å². The fraction of sp³-hybridized carbons (Fsp3) is 0.769. The molecule has 106 valence electrons. The number of nitrogens with zero attached hydrogens (tertiary/aromatic N) is 3. The number of hydrogen-bond acceptors (Lipinski definition) is 4. The van der Waals surface area contributed by atoms with Gasteiger partial charge in [-0.15, -0.1) is 10.2 Å². The molecule has 1 fully saturated rings. The monoisotopic (exact) mass is 283 g/mol. The SMILES string of the molecule is CCCc1nnc(SCC(=O)O)n1CC1(C)CCC1. The summed E-state index contributed by atoms with van der Waals surface area (Å²) in [4.78, 5) is 10.7. The fourth-order valence-corrected chi connectivity index (χ4v) is 3.12. The Labute approximate surface area is 117 Å². The van der Waals surface area contributed by atoms with Crippen molar-refractivity contribution in [2.45, 2.75) is 57.7 Å². The van der Waals surface area contributed by atoms with Gasteiger partial charge < -0.3 is 9.67 Å². The van der Waals surface area contributed by atoms with Crippen LogP contribution in [0.4, 0.5) is 0 Å². The van der Waals surface area contributed by atoms with E-state index in [1.165, 1.54) is 31.0 Å². The van der Waals surface area contributed by atoms with Crippen LogP contribution in [0.2, 0.25) is 0 Å². The molecule has 19 heavy (non-hydrogen) atoms. The highest BCUT2D eigenvalue weighted by Crippen LogP contribution is 2.42. The summed E-state index contributed by atoms with van der Waals surface area (Å²) in [6.07, 6.45) is 5.69. The van der Waals surface area contributed by atoms with E-state index in [-0.39, 0.29) is 5.75 Å². The minimum absolute atomic E-state index is 0.0426. The lowest BCUT2D eigenvalue weighted by Crippen LogP contribution is -2.31. The fourth-order valence-electron chi connectivity index (χ4n) is 2.44. The molecule has 1 aliphatic carbocycles. The summed E-state index contributed by atoms with van der Waals surface area (Å²) >= 11 is 1.27. The van der Waals surface area contributed by atoms with Crippen molar-refractivity contribution < 1.29 is 9.90 Å². The number of carbonyl (C=O) groups is 1. The van der Waals surface area contributed by atoms with Gasteiger partial charge in [-0.2, -0.15) is 0 Å². The molecule has 0 spiro atoms. The third-order valence-corrected chi connectivity index (χ3v) is 4.64. The molecule has 0 aromatic carbocycles. The second-order valence-electron chi connectivity index (χ2n) is 5.58. The van der Waals surface area contributed by atoms with E-state index < -0.39 is 5.97 Å². The second kappa shape index (κ2) is 5.94. The summed E-state index contributed by atoms with van der Waals surface area (Å²) in [5.41, 5.74) is 0.337. The lowest BCUT2D eigenvalue weighted by molar-refractivity contribution is -0.133. The average Bonchev–Trinajstić information content (AvgIpc) is 2.68. The van der Waals surface area contributed by atoms with Crippen LogP contribution in [-0.4, -0.2) is 31.6 Å². The van der Waals surface area contributed by atoms with Crippen LogP contribution in [0.1, 0.15) is 45.4 Å². The van der Waals surface area contributed by atoms with Crippen LogP contribution < -0.4 is 0 Å². The molecule has 0 saturated heterocycles. The van der Waals surface area contributed by atoms with Crippen molar-refractivity contribution in [2.75, 3.05) is 5.75 Å². The Kier molecular flexibility index (Phi) is 4.50. The molecule has 1 aliphatic rings. The van der Waals surface area contributed by atoms with Crippen molar-refractivity contribution in [2.24, 2.45) is 5.41 Å². The first kappa shape index (κ1) is 14.4. The van der Waals surface area contributed by atoms with E-state index >= 15 is 0 Å². The first-order valence-corrected chi connectivity index (χ1v) is 7.79. The van der Waals surface area contributed by atoms with E-state index in [4.69, 9.17) is 5.11 Å². The Morgan fingerprint density at radius 2 is 2.21 bits per heavy atom. The van der Waals surface area contributed by atoms with Crippen molar-refractivity contribution in [1.29, 1.82) is 0 Å². The summed E-state index contributed by atoms with van der Waals surface area (Å²) in [5, 5.41) is 17.9. The molecule has 1 aromatic rings. The Morgan fingerprint density at radius 3 is 2.74 bits per heavy atom. The van der Waals surface area contributed by atoms with Gasteiger partial charge in [0.1, 0.15) is 5.82 Å². The number of aromatic nitrogens is 3. The second-order valence-corrected chi connectivity index (χ2v) is 6.52. The maximum Gasteiger partial charge on any atom is 0.313 e. The zero-order valence-electron chi connectivity index (χ0n) is 11.6. The zero-order chi connectivity index (χ0) is 13.9. The van der Waals surface area contributed by atoms with E-state index in [1.807, 2.05) is 0 Å². The minimum Gasteiger partial charge on any atom is -0.481 e. The van der Waals surface area contributed by atoms with Crippen molar-refractivity contribution in [3.63, 3.8) is 0 Å². The van der Waals surface area contributed by atoms with E-state index in [9.17, 15) is 4.79 Å². The van der Waals surface area contributed by atoms with E-state index in [2.05, 4.69) is 28.6 Å². The minimum atomic E-state index is -0.813. The topological polar surface area (TPSA) is 68.0 Å². The Morgan fingerprint density at radius 1 is 1.47 bits per heavy atom. The number of carboxylic acids is 1. The average molecular weight is 283 g/mol. The number of aliphatic carboxylic acids is 1. The first-order valence-electron chi connectivity index (χ1n) is 6.81. The standard InChI is InChI=1S/C13H21N3O2S/c1-3-5-10-14-15-12(19-8-11(17)18)16(10)9-13(2)6-4-7-13/h3-9H2,1-2H3,(H,17,18). The van der Waals surface area contributed by atoms with Crippen LogP contribution >= 0.6 is 11.8 Å². The van der Waals surface area contributed by atoms with Crippen LogP contribution in [0.3, 0.4) is 0 Å². The molecule has 1 heterocycles. The molecule has 0 amide bonds. The van der Waals surface area contributed by atoms with Crippen LogP contribution in [0.15, 0.2) is 5.16 Å². The van der Waals surface area contributed by atoms with Gasteiger partial charge in [0.05, 0.1) is 5.75 Å². The molecule has 5 nitrogen and oxygen atoms in total. The molecule has 1 aromatic heterocycles. The van der Waals surface area contributed by atoms with Gasteiger partial charge >= 0.3 is 5.97 Å². The highest BCUT2D eigenvalue weighted by molar-refractivity contribution is 7.99. The Hall–Kier alpha value is -1.04. The molecule has 1 N–H and O–H groups in total. The number of rotatable bonds is 7. The van der Waals surface area contributed by atoms with E-state index in [0.29, 0.717) is 5.41 Å². The number of hydrogen-bond donors (Lipinski definition) is 1. The molecule has 1 saturated carbocycles. The first-order chi connectivity index (χ1) is 9.04. The molecular weight excluding hydrogens is 262 g/mol. The van der Waals surface area contributed by atoms with E-state index in [0.717, 1.165) is 30.4 Å². The quantitative estimate of drug-likeness (QED) is 0.779. The van der Waals surface area contributed by atoms with Gasteiger partial charge in [-0.3, -0.25) is 4.79 Å². The number of thioether (sulfide) groups is 1. The largest absolute Gasteiger partial charge is 0.481 e. The van der Waals surface area contributed by atoms with Gasteiger partial charge in [-0.25, -0.2) is 0 Å². The molecule has 0 atom stereocenters. The predicted molar refractivity (Wildman–Crippen MR) is 74.3 cm³/mol. The third-order valence-electron chi connectivity index (χ3n) is 3.69. The molecule has 0 radical (unpaired) electrons.